The standard InChI is InChI=1S/C19H30N2O.2ClH.Zr/c1-19(2,3)17-12-16(21(4)5)11-14(18(17)22)13-20-15-9-7-6-8-10-15;;;/h11-13,15,22H,6-10H2,1-5H3;2*1H;/q;;;+2/p-2. The summed E-state index contributed by atoms with van der Waals surface area (Å²) in [5.41, 5.74) is 2.82. The first-order valence-corrected chi connectivity index (χ1v) is 15.1. The van der Waals surface area contributed by atoms with Gasteiger partial charge in [0.25, 0.3) is 0 Å². The summed E-state index contributed by atoms with van der Waals surface area (Å²) in [5.74, 6) is 0.373. The van der Waals surface area contributed by atoms with Crippen LogP contribution in [0, 0.1) is 0 Å². The normalized spacial score (nSPS) is 15.6. The van der Waals surface area contributed by atoms with Crippen LogP contribution < -0.4 is 4.90 Å². The molecule has 0 saturated heterocycles. The van der Waals surface area contributed by atoms with E-state index in [0.717, 1.165) is 16.8 Å². The molecule has 3 nitrogen and oxygen atoms in total. The molecule has 0 aliphatic heterocycles. The third-order valence-electron chi connectivity index (χ3n) is 4.45. The van der Waals surface area contributed by atoms with Gasteiger partial charge < -0.3 is 10.0 Å². The van der Waals surface area contributed by atoms with Crippen LogP contribution in [0.3, 0.4) is 0 Å². The van der Waals surface area contributed by atoms with Gasteiger partial charge in [-0.3, -0.25) is 4.99 Å². The Balaban J connectivity index is 0.000000970. The summed E-state index contributed by atoms with van der Waals surface area (Å²) in [4.78, 5) is 6.81. The maximum absolute atomic E-state index is 10.7. The summed E-state index contributed by atoms with van der Waals surface area (Å²) < 4.78 is 0. The Kier molecular flexibility index (Phi) is 10.1. The van der Waals surface area contributed by atoms with E-state index in [1.807, 2.05) is 26.4 Å². The van der Waals surface area contributed by atoms with E-state index in [4.69, 9.17) is 22.0 Å². The molecule has 6 heteroatoms. The molecular formula is C19H30Cl2N2OZr. The molecule has 1 aromatic rings. The molecule has 0 aromatic heterocycles. The fourth-order valence-electron chi connectivity index (χ4n) is 2.99. The number of nitrogens with zero attached hydrogens (tertiary/aromatic N) is 2. The van der Waals surface area contributed by atoms with Crippen molar-refractivity contribution in [3.05, 3.63) is 23.3 Å². The number of hydrogen-bond acceptors (Lipinski definition) is 3. The van der Waals surface area contributed by atoms with E-state index in [1.54, 1.807) is 0 Å². The molecule has 0 amide bonds. The average molecular weight is 465 g/mol. The number of rotatable bonds is 3. The molecule has 1 aliphatic carbocycles. The Hall–Kier alpha value is -0.0469. The van der Waals surface area contributed by atoms with Gasteiger partial charge in [0.2, 0.25) is 0 Å². The number of phenolic OH excluding ortho intramolecular Hbond substituents is 1. The van der Waals surface area contributed by atoms with E-state index in [0.29, 0.717) is 11.8 Å². The van der Waals surface area contributed by atoms with Gasteiger partial charge >= 0.3 is 37.9 Å². The van der Waals surface area contributed by atoms with Crippen LogP contribution in [0.2, 0.25) is 0 Å². The van der Waals surface area contributed by atoms with Crippen molar-refractivity contribution in [2.45, 2.75) is 64.3 Å². The molecule has 140 valence electrons. The van der Waals surface area contributed by atoms with Gasteiger partial charge in [-0.05, 0) is 30.4 Å². The van der Waals surface area contributed by atoms with Gasteiger partial charge in [-0.25, -0.2) is 0 Å². The van der Waals surface area contributed by atoms with Crippen LogP contribution >= 0.6 is 17.0 Å². The third kappa shape index (κ3) is 7.61. The molecule has 25 heavy (non-hydrogen) atoms. The van der Waals surface area contributed by atoms with Crippen molar-refractivity contribution in [1.29, 1.82) is 0 Å². The van der Waals surface area contributed by atoms with Crippen molar-refractivity contribution < 1.29 is 26.0 Å². The van der Waals surface area contributed by atoms with E-state index in [1.165, 1.54) is 32.1 Å². The fraction of sp³-hybridized carbons (Fsp3) is 0.632. The van der Waals surface area contributed by atoms with E-state index >= 15 is 0 Å². The Morgan fingerprint density at radius 3 is 2.20 bits per heavy atom. The summed E-state index contributed by atoms with van der Waals surface area (Å²) in [6.45, 7) is 6.39. The van der Waals surface area contributed by atoms with Gasteiger partial charge in [0, 0.05) is 43.2 Å². The molecule has 0 spiro atoms. The van der Waals surface area contributed by atoms with Gasteiger partial charge in [0.1, 0.15) is 5.75 Å². The molecule has 0 unspecified atom stereocenters. The second-order valence-corrected chi connectivity index (χ2v) is 11.4. The Bertz CT molecular complexity index is 565. The monoisotopic (exact) mass is 462 g/mol. The fourth-order valence-corrected chi connectivity index (χ4v) is 2.99. The molecule has 0 bridgehead atoms. The van der Waals surface area contributed by atoms with Crippen LogP contribution in [-0.4, -0.2) is 31.5 Å². The van der Waals surface area contributed by atoms with Crippen LogP contribution in [0.5, 0.6) is 5.75 Å². The summed E-state index contributed by atoms with van der Waals surface area (Å²) >= 11 is -0.826. The first kappa shape index (κ1) is 23.0. The number of benzene rings is 1. The van der Waals surface area contributed by atoms with Gasteiger partial charge in [-0.15, -0.1) is 0 Å². The second kappa shape index (κ2) is 10.9. The van der Waals surface area contributed by atoms with Crippen molar-refractivity contribution in [2.75, 3.05) is 19.0 Å². The van der Waals surface area contributed by atoms with Crippen molar-refractivity contribution >= 4 is 28.9 Å². The molecule has 1 N–H and O–H groups in total. The van der Waals surface area contributed by atoms with Crippen LogP contribution in [0.25, 0.3) is 0 Å². The van der Waals surface area contributed by atoms with E-state index in [-0.39, 0.29) is 5.41 Å². The van der Waals surface area contributed by atoms with Crippen LogP contribution in [0.4, 0.5) is 5.69 Å². The van der Waals surface area contributed by atoms with Crippen LogP contribution in [0.1, 0.15) is 64.0 Å². The summed E-state index contributed by atoms with van der Waals surface area (Å²) in [6, 6.07) is 4.53. The Morgan fingerprint density at radius 1 is 1.16 bits per heavy atom. The molecule has 2 rings (SSSR count). The zero-order valence-corrected chi connectivity index (χ0v) is 19.9. The van der Waals surface area contributed by atoms with Crippen molar-refractivity contribution in [2.24, 2.45) is 4.99 Å². The molecule has 1 saturated carbocycles. The SMILES string of the molecule is CN(C)c1cc(C=NC2CCCCC2)c(O)c(C(C)(C)C)c1.[Cl][Zr][Cl]. The van der Waals surface area contributed by atoms with Gasteiger partial charge in [-0.1, -0.05) is 40.0 Å². The van der Waals surface area contributed by atoms with E-state index in [2.05, 4.69) is 31.7 Å². The van der Waals surface area contributed by atoms with Crippen LogP contribution in [0.15, 0.2) is 17.1 Å². The molecular weight excluding hydrogens is 434 g/mol. The third-order valence-corrected chi connectivity index (χ3v) is 4.45. The first-order chi connectivity index (χ1) is 11.7. The van der Waals surface area contributed by atoms with Crippen molar-refractivity contribution in [1.82, 2.24) is 0 Å². The zero-order chi connectivity index (χ0) is 19.0. The number of aliphatic imine (C=N–C) groups is 1. The first-order valence-electron chi connectivity index (χ1n) is 8.75. The number of aromatic hydroxyl groups is 1. The average Bonchev–Trinajstić information content (AvgIpc) is 2.54. The van der Waals surface area contributed by atoms with E-state index < -0.39 is 20.8 Å². The Labute approximate surface area is 171 Å². The molecule has 1 aromatic carbocycles. The van der Waals surface area contributed by atoms with Crippen molar-refractivity contribution in [3.63, 3.8) is 0 Å². The summed E-state index contributed by atoms with van der Waals surface area (Å²) in [5, 5.41) is 10.7. The summed E-state index contributed by atoms with van der Waals surface area (Å²) in [7, 11) is 13.9. The van der Waals surface area contributed by atoms with Gasteiger partial charge in [0.05, 0.1) is 0 Å². The predicted molar refractivity (Wildman–Crippen MR) is 107 cm³/mol. The molecule has 0 radical (unpaired) electrons. The minimum absolute atomic E-state index is 0.0937. The number of halogens is 2. The molecule has 0 heterocycles. The Morgan fingerprint density at radius 2 is 1.72 bits per heavy atom. The van der Waals surface area contributed by atoms with Gasteiger partial charge in [0.15, 0.2) is 0 Å². The van der Waals surface area contributed by atoms with E-state index in [9.17, 15) is 5.11 Å². The molecule has 1 fully saturated rings. The van der Waals surface area contributed by atoms with Crippen LogP contribution in [-0.2, 0) is 26.3 Å². The maximum atomic E-state index is 10.7. The van der Waals surface area contributed by atoms with Crippen molar-refractivity contribution in [3.8, 4) is 5.75 Å². The minimum atomic E-state index is -0.826. The second-order valence-electron chi connectivity index (χ2n) is 7.72. The molecule has 1 aliphatic rings. The quantitative estimate of drug-likeness (QED) is 0.567. The predicted octanol–water partition coefficient (Wildman–Crippen LogP) is 5.88. The topological polar surface area (TPSA) is 35.8 Å². The number of hydrogen-bond donors (Lipinski definition) is 1. The summed E-state index contributed by atoms with van der Waals surface area (Å²) in [6.07, 6.45) is 8.13. The number of anilines is 1. The number of phenols is 1. The van der Waals surface area contributed by atoms with Gasteiger partial charge in [-0.2, -0.15) is 0 Å². The molecule has 0 atom stereocenters. The zero-order valence-electron chi connectivity index (χ0n) is 15.9.